The van der Waals surface area contributed by atoms with Crippen LogP contribution in [-0.2, 0) is 0 Å². The maximum Gasteiger partial charge on any atom is 0.137 e. The van der Waals surface area contributed by atoms with E-state index in [0.717, 1.165) is 28.8 Å². The summed E-state index contributed by atoms with van der Waals surface area (Å²) < 4.78 is 7.17. The van der Waals surface area contributed by atoms with Crippen molar-refractivity contribution in [1.82, 2.24) is 5.32 Å². The maximum atomic E-state index is 6.06. The molecule has 0 spiro atoms. The predicted molar refractivity (Wildman–Crippen MR) is 80.1 cm³/mol. The smallest absolute Gasteiger partial charge is 0.137 e. The minimum atomic E-state index is 0.260. The van der Waals surface area contributed by atoms with E-state index in [1.807, 2.05) is 0 Å². The molecule has 0 aliphatic rings. The summed E-state index contributed by atoms with van der Waals surface area (Å²) in [4.78, 5) is 0. The second-order valence-electron chi connectivity index (χ2n) is 4.87. The number of aryl methyl sites for hydroxylation is 2. The molecule has 0 fully saturated rings. The number of fused-ring (bicyclic) bond motifs is 1. The van der Waals surface area contributed by atoms with Crippen LogP contribution >= 0.6 is 15.9 Å². The van der Waals surface area contributed by atoms with E-state index in [1.165, 1.54) is 16.5 Å². The van der Waals surface area contributed by atoms with Gasteiger partial charge in [-0.05, 0) is 51.4 Å². The third-order valence-electron chi connectivity index (χ3n) is 3.32. The molecule has 2 rings (SSSR count). The van der Waals surface area contributed by atoms with Crippen molar-refractivity contribution in [3.8, 4) is 0 Å². The highest BCUT2D eigenvalue weighted by atomic mass is 79.9. The number of hydrogen-bond acceptors (Lipinski definition) is 2. The fraction of sp³-hybridized carbons (Fsp3) is 0.467. The Labute approximate surface area is 117 Å². The van der Waals surface area contributed by atoms with Crippen LogP contribution in [0.1, 0.15) is 43.2 Å². The standard InChI is InChI=1S/C15H20BrNO/c1-5-6-17-11(4)15-10(3)13-8-12(16)7-9(2)14(13)18-15/h7-8,11,17H,5-6H2,1-4H3. The molecular formula is C15H20BrNO. The summed E-state index contributed by atoms with van der Waals surface area (Å²) in [5.41, 5.74) is 3.43. The van der Waals surface area contributed by atoms with Gasteiger partial charge in [-0.25, -0.2) is 0 Å². The van der Waals surface area contributed by atoms with Gasteiger partial charge >= 0.3 is 0 Å². The third kappa shape index (κ3) is 2.47. The Kier molecular flexibility index (Phi) is 4.13. The van der Waals surface area contributed by atoms with Crippen molar-refractivity contribution in [2.45, 2.75) is 40.2 Å². The van der Waals surface area contributed by atoms with Crippen molar-refractivity contribution in [1.29, 1.82) is 0 Å². The lowest BCUT2D eigenvalue weighted by Crippen LogP contribution is -2.19. The highest BCUT2D eigenvalue weighted by Crippen LogP contribution is 2.33. The Morgan fingerprint density at radius 1 is 1.33 bits per heavy atom. The van der Waals surface area contributed by atoms with E-state index in [4.69, 9.17) is 4.42 Å². The third-order valence-corrected chi connectivity index (χ3v) is 3.78. The largest absolute Gasteiger partial charge is 0.459 e. The number of benzene rings is 1. The Bertz CT molecular complexity index is 559. The highest BCUT2D eigenvalue weighted by Gasteiger charge is 2.17. The average molecular weight is 310 g/mol. The summed E-state index contributed by atoms with van der Waals surface area (Å²) in [6, 6.07) is 4.49. The second kappa shape index (κ2) is 5.45. The van der Waals surface area contributed by atoms with Crippen LogP contribution in [0.4, 0.5) is 0 Å². The molecule has 1 atom stereocenters. The van der Waals surface area contributed by atoms with E-state index in [2.05, 4.69) is 61.1 Å². The zero-order valence-electron chi connectivity index (χ0n) is 11.4. The molecule has 0 saturated carbocycles. The number of furan rings is 1. The van der Waals surface area contributed by atoms with Crippen LogP contribution < -0.4 is 5.32 Å². The number of halogens is 1. The maximum absolute atomic E-state index is 6.06. The van der Waals surface area contributed by atoms with Gasteiger partial charge in [0.15, 0.2) is 0 Å². The van der Waals surface area contributed by atoms with Gasteiger partial charge in [0.05, 0.1) is 6.04 Å². The van der Waals surface area contributed by atoms with E-state index in [0.29, 0.717) is 0 Å². The van der Waals surface area contributed by atoms with E-state index in [1.54, 1.807) is 0 Å². The Hall–Kier alpha value is -0.800. The van der Waals surface area contributed by atoms with Crippen molar-refractivity contribution in [2.75, 3.05) is 6.54 Å². The monoisotopic (exact) mass is 309 g/mol. The zero-order chi connectivity index (χ0) is 13.3. The van der Waals surface area contributed by atoms with Crippen LogP contribution in [0.25, 0.3) is 11.0 Å². The molecule has 1 N–H and O–H groups in total. The first-order valence-electron chi connectivity index (χ1n) is 6.47. The SMILES string of the molecule is CCCNC(C)c1oc2c(C)cc(Br)cc2c1C. The van der Waals surface area contributed by atoms with Crippen LogP contribution in [0.3, 0.4) is 0 Å². The minimum absolute atomic E-state index is 0.260. The molecule has 1 aromatic carbocycles. The molecule has 0 aliphatic heterocycles. The van der Waals surface area contributed by atoms with Crippen molar-refractivity contribution in [3.63, 3.8) is 0 Å². The van der Waals surface area contributed by atoms with Gasteiger partial charge in [0.2, 0.25) is 0 Å². The molecule has 18 heavy (non-hydrogen) atoms. The molecule has 3 heteroatoms. The average Bonchev–Trinajstić information content (AvgIpc) is 2.65. The van der Waals surface area contributed by atoms with Gasteiger partial charge in [-0.2, -0.15) is 0 Å². The molecule has 0 radical (unpaired) electrons. The first kappa shape index (κ1) is 13.6. The summed E-state index contributed by atoms with van der Waals surface area (Å²) in [5, 5.41) is 4.69. The molecule has 1 heterocycles. The van der Waals surface area contributed by atoms with Crippen molar-refractivity contribution in [2.24, 2.45) is 0 Å². The van der Waals surface area contributed by atoms with E-state index >= 15 is 0 Å². The fourth-order valence-electron chi connectivity index (χ4n) is 2.33. The summed E-state index contributed by atoms with van der Waals surface area (Å²) in [6.45, 7) is 9.57. The van der Waals surface area contributed by atoms with Gasteiger partial charge in [0, 0.05) is 15.4 Å². The highest BCUT2D eigenvalue weighted by molar-refractivity contribution is 9.10. The molecular weight excluding hydrogens is 290 g/mol. The lowest BCUT2D eigenvalue weighted by atomic mass is 10.1. The summed E-state index contributed by atoms with van der Waals surface area (Å²) >= 11 is 3.55. The van der Waals surface area contributed by atoms with Gasteiger partial charge < -0.3 is 9.73 Å². The minimum Gasteiger partial charge on any atom is -0.459 e. The summed E-state index contributed by atoms with van der Waals surface area (Å²) in [7, 11) is 0. The first-order chi connectivity index (χ1) is 8.54. The topological polar surface area (TPSA) is 25.2 Å². The number of hydrogen-bond donors (Lipinski definition) is 1. The van der Waals surface area contributed by atoms with Crippen LogP contribution in [0, 0.1) is 13.8 Å². The van der Waals surface area contributed by atoms with Crippen molar-refractivity contribution < 1.29 is 4.42 Å². The molecule has 98 valence electrons. The van der Waals surface area contributed by atoms with E-state index in [-0.39, 0.29) is 6.04 Å². The fourth-order valence-corrected chi connectivity index (χ4v) is 2.90. The Balaban J connectivity index is 2.47. The van der Waals surface area contributed by atoms with Crippen LogP contribution in [0.2, 0.25) is 0 Å². The van der Waals surface area contributed by atoms with Crippen LogP contribution in [-0.4, -0.2) is 6.54 Å². The molecule has 2 aromatic rings. The van der Waals surface area contributed by atoms with Crippen LogP contribution in [0.5, 0.6) is 0 Å². The normalized spacial score (nSPS) is 13.2. The molecule has 1 aromatic heterocycles. The zero-order valence-corrected chi connectivity index (χ0v) is 13.0. The quantitative estimate of drug-likeness (QED) is 0.871. The van der Waals surface area contributed by atoms with Gasteiger partial charge in [-0.1, -0.05) is 22.9 Å². The molecule has 1 unspecified atom stereocenters. The van der Waals surface area contributed by atoms with Gasteiger partial charge in [0.25, 0.3) is 0 Å². The van der Waals surface area contributed by atoms with Crippen molar-refractivity contribution in [3.05, 3.63) is 33.5 Å². The van der Waals surface area contributed by atoms with E-state index < -0.39 is 0 Å². The van der Waals surface area contributed by atoms with Gasteiger partial charge in [-0.15, -0.1) is 0 Å². The van der Waals surface area contributed by atoms with Gasteiger partial charge in [0.1, 0.15) is 11.3 Å². The number of rotatable bonds is 4. The molecule has 0 aliphatic carbocycles. The van der Waals surface area contributed by atoms with E-state index in [9.17, 15) is 0 Å². The second-order valence-corrected chi connectivity index (χ2v) is 5.78. The van der Waals surface area contributed by atoms with Crippen LogP contribution in [0.15, 0.2) is 21.0 Å². The Morgan fingerprint density at radius 2 is 2.06 bits per heavy atom. The Morgan fingerprint density at radius 3 is 2.72 bits per heavy atom. The van der Waals surface area contributed by atoms with Gasteiger partial charge in [-0.3, -0.25) is 0 Å². The number of nitrogens with one attached hydrogen (secondary N) is 1. The first-order valence-corrected chi connectivity index (χ1v) is 7.26. The molecule has 0 saturated heterocycles. The molecule has 0 amide bonds. The molecule has 2 nitrogen and oxygen atoms in total. The summed E-state index contributed by atoms with van der Waals surface area (Å²) in [5.74, 6) is 1.06. The predicted octanol–water partition coefficient (Wildman–Crippen LogP) is 4.87. The lowest BCUT2D eigenvalue weighted by molar-refractivity contribution is 0.448. The van der Waals surface area contributed by atoms with Crippen molar-refractivity contribution >= 4 is 26.9 Å². The summed E-state index contributed by atoms with van der Waals surface area (Å²) in [6.07, 6.45) is 1.13. The molecule has 0 bridgehead atoms. The lowest BCUT2D eigenvalue weighted by Gasteiger charge is -2.11.